The molecule has 0 fully saturated rings. The quantitative estimate of drug-likeness (QED) is 0.105. The van der Waals surface area contributed by atoms with Crippen molar-refractivity contribution in [2.45, 2.75) is 65.1 Å². The van der Waals surface area contributed by atoms with E-state index >= 15 is 4.39 Å². The van der Waals surface area contributed by atoms with E-state index in [0.717, 1.165) is 34.2 Å². The van der Waals surface area contributed by atoms with E-state index in [1.54, 1.807) is 13.0 Å². The highest BCUT2D eigenvalue weighted by molar-refractivity contribution is 6.41. The van der Waals surface area contributed by atoms with Crippen LogP contribution in [-0.4, -0.2) is 29.7 Å². The highest BCUT2D eigenvalue weighted by atomic mass is 19.1. The summed E-state index contributed by atoms with van der Waals surface area (Å²) in [5, 5.41) is 18.6. The minimum atomic E-state index is -1.39. The van der Waals surface area contributed by atoms with Crippen molar-refractivity contribution >= 4 is 13.1 Å². The Hall–Kier alpha value is -3.22. The molecule has 0 heterocycles. The standard InChI is InChI=1S/C32H38BFO4/c1-4-5-6-8-24-10-12-25(13-11-24)28-16-17-30(31(34)22-28)29-15-14-26(18-19-33(36)37)27(21-29)9-7-20-38-32(35)23(2)3/h10-17,21-22,36-37H,2,4-9,18-20H2,1,3H3. The maximum absolute atomic E-state index is 15.3. The molecule has 0 aliphatic rings. The SMILES string of the molecule is C=C(C)C(=O)OCCCc1cc(-c2ccc(-c3ccc(CCCCC)cc3)cc2F)ccc1CCB(O)O. The maximum atomic E-state index is 15.3. The number of esters is 1. The van der Waals surface area contributed by atoms with Crippen LogP contribution in [0.3, 0.4) is 0 Å². The molecule has 6 heteroatoms. The predicted molar refractivity (Wildman–Crippen MR) is 153 cm³/mol. The lowest BCUT2D eigenvalue weighted by Crippen LogP contribution is -2.12. The molecule has 0 unspecified atom stereocenters. The number of ether oxygens (including phenoxy) is 1. The molecule has 2 N–H and O–H groups in total. The second-order valence-corrected chi connectivity index (χ2v) is 9.87. The van der Waals surface area contributed by atoms with Crippen molar-refractivity contribution in [1.29, 1.82) is 0 Å². The van der Waals surface area contributed by atoms with Crippen molar-refractivity contribution in [3.8, 4) is 22.3 Å². The molecule has 0 amide bonds. The van der Waals surface area contributed by atoms with Gasteiger partial charge in [-0.05, 0) is 84.8 Å². The van der Waals surface area contributed by atoms with E-state index in [9.17, 15) is 14.8 Å². The largest absolute Gasteiger partial charge is 0.462 e. The van der Waals surface area contributed by atoms with Gasteiger partial charge in [0.1, 0.15) is 5.82 Å². The molecule has 0 spiro atoms. The van der Waals surface area contributed by atoms with E-state index in [1.807, 2.05) is 30.3 Å². The van der Waals surface area contributed by atoms with E-state index < -0.39 is 13.1 Å². The smallest absolute Gasteiger partial charge is 0.451 e. The third-order valence-electron chi connectivity index (χ3n) is 6.69. The molecule has 0 aliphatic heterocycles. The van der Waals surface area contributed by atoms with Crippen molar-refractivity contribution in [2.75, 3.05) is 6.61 Å². The Labute approximate surface area is 226 Å². The van der Waals surface area contributed by atoms with E-state index in [2.05, 4.69) is 37.8 Å². The number of hydrogen-bond donors (Lipinski definition) is 2. The highest BCUT2D eigenvalue weighted by Gasteiger charge is 2.14. The van der Waals surface area contributed by atoms with Crippen LogP contribution < -0.4 is 0 Å². The third kappa shape index (κ3) is 8.68. The second kappa shape index (κ2) is 14.7. The van der Waals surface area contributed by atoms with Gasteiger partial charge in [0, 0.05) is 11.1 Å². The van der Waals surface area contributed by atoms with Gasteiger partial charge in [-0.3, -0.25) is 0 Å². The highest BCUT2D eigenvalue weighted by Crippen LogP contribution is 2.30. The molecule has 0 saturated heterocycles. The van der Waals surface area contributed by atoms with Crippen molar-refractivity contribution in [2.24, 2.45) is 0 Å². The van der Waals surface area contributed by atoms with Gasteiger partial charge in [-0.2, -0.15) is 0 Å². The van der Waals surface area contributed by atoms with Gasteiger partial charge in [-0.1, -0.05) is 80.9 Å². The number of unbranched alkanes of at least 4 members (excludes halogenated alkanes) is 2. The Morgan fingerprint density at radius 2 is 1.58 bits per heavy atom. The molecule has 3 rings (SSSR count). The number of aryl methyl sites for hydroxylation is 3. The van der Waals surface area contributed by atoms with Crippen LogP contribution in [0.4, 0.5) is 4.39 Å². The maximum Gasteiger partial charge on any atom is 0.451 e. The molecule has 3 aromatic rings. The summed E-state index contributed by atoms with van der Waals surface area (Å²) >= 11 is 0. The van der Waals surface area contributed by atoms with Crippen molar-refractivity contribution in [3.63, 3.8) is 0 Å². The summed E-state index contributed by atoms with van der Waals surface area (Å²) < 4.78 is 20.5. The normalized spacial score (nSPS) is 10.9. The average Bonchev–Trinajstić information content (AvgIpc) is 2.90. The van der Waals surface area contributed by atoms with Crippen LogP contribution in [-0.2, 0) is 28.8 Å². The number of hydrogen-bond acceptors (Lipinski definition) is 4. The fraction of sp³-hybridized carbons (Fsp3) is 0.344. The first-order valence-electron chi connectivity index (χ1n) is 13.5. The number of carbonyl (C=O) groups excluding carboxylic acids is 1. The molecule has 200 valence electrons. The zero-order valence-corrected chi connectivity index (χ0v) is 22.5. The lowest BCUT2D eigenvalue weighted by molar-refractivity contribution is -0.139. The first-order chi connectivity index (χ1) is 18.3. The van der Waals surface area contributed by atoms with Gasteiger partial charge in [0.25, 0.3) is 0 Å². The molecule has 38 heavy (non-hydrogen) atoms. The molecule has 3 aromatic carbocycles. The molecular formula is C32H38BFO4. The molecule has 0 atom stereocenters. The van der Waals surface area contributed by atoms with Gasteiger partial charge >= 0.3 is 13.1 Å². The van der Waals surface area contributed by atoms with Gasteiger partial charge in [0.05, 0.1) is 6.61 Å². The molecule has 4 nitrogen and oxygen atoms in total. The van der Waals surface area contributed by atoms with Gasteiger partial charge in [-0.15, -0.1) is 0 Å². The predicted octanol–water partition coefficient (Wildman–Crippen LogP) is 6.96. The number of benzene rings is 3. The summed E-state index contributed by atoms with van der Waals surface area (Å²) in [6.45, 7) is 7.64. The zero-order chi connectivity index (χ0) is 27.5. The van der Waals surface area contributed by atoms with Gasteiger partial charge in [-0.25, -0.2) is 9.18 Å². The second-order valence-electron chi connectivity index (χ2n) is 9.87. The topological polar surface area (TPSA) is 66.8 Å². The summed E-state index contributed by atoms with van der Waals surface area (Å²) in [4.78, 5) is 11.7. The average molecular weight is 516 g/mol. The first-order valence-corrected chi connectivity index (χ1v) is 13.5. The third-order valence-corrected chi connectivity index (χ3v) is 6.69. The fourth-order valence-corrected chi connectivity index (χ4v) is 4.48. The Morgan fingerprint density at radius 3 is 2.24 bits per heavy atom. The summed E-state index contributed by atoms with van der Waals surface area (Å²) in [5.74, 6) is -0.718. The first kappa shape index (κ1) is 29.3. The van der Waals surface area contributed by atoms with E-state index in [4.69, 9.17) is 4.74 Å². The number of carbonyl (C=O) groups is 1. The van der Waals surface area contributed by atoms with E-state index in [1.165, 1.54) is 24.8 Å². The molecule has 0 aromatic heterocycles. The summed E-state index contributed by atoms with van der Waals surface area (Å²) in [6.07, 6.45) is 6.55. The van der Waals surface area contributed by atoms with Crippen LogP contribution >= 0.6 is 0 Å². The Morgan fingerprint density at radius 1 is 0.868 bits per heavy atom. The molecule has 0 bridgehead atoms. The fourth-order valence-electron chi connectivity index (χ4n) is 4.48. The van der Waals surface area contributed by atoms with Gasteiger partial charge in [0.2, 0.25) is 0 Å². The number of rotatable bonds is 14. The molecular weight excluding hydrogens is 478 g/mol. The lowest BCUT2D eigenvalue weighted by Gasteiger charge is -2.14. The molecule has 0 radical (unpaired) electrons. The van der Waals surface area contributed by atoms with Crippen LogP contribution in [0.1, 0.15) is 56.2 Å². The Balaban J connectivity index is 1.77. The summed E-state index contributed by atoms with van der Waals surface area (Å²) in [7, 11) is -1.39. The minimum Gasteiger partial charge on any atom is -0.462 e. The lowest BCUT2D eigenvalue weighted by atomic mass is 9.81. The minimum absolute atomic E-state index is 0.206. The van der Waals surface area contributed by atoms with E-state index in [0.29, 0.717) is 30.4 Å². The van der Waals surface area contributed by atoms with Crippen LogP contribution in [0.2, 0.25) is 6.32 Å². The van der Waals surface area contributed by atoms with Crippen LogP contribution in [0.25, 0.3) is 22.3 Å². The van der Waals surface area contributed by atoms with E-state index in [-0.39, 0.29) is 18.7 Å². The molecule has 0 aliphatic carbocycles. The number of halogens is 1. The molecule has 0 saturated carbocycles. The van der Waals surface area contributed by atoms with Crippen LogP contribution in [0.15, 0.2) is 72.8 Å². The summed E-state index contributed by atoms with van der Waals surface area (Å²) in [6, 6.07) is 19.4. The monoisotopic (exact) mass is 516 g/mol. The summed E-state index contributed by atoms with van der Waals surface area (Å²) in [5.41, 5.74) is 6.66. The van der Waals surface area contributed by atoms with Crippen molar-refractivity contribution in [1.82, 2.24) is 0 Å². The van der Waals surface area contributed by atoms with Crippen LogP contribution in [0, 0.1) is 5.82 Å². The zero-order valence-electron chi connectivity index (χ0n) is 22.5. The Bertz CT molecular complexity index is 1220. The van der Waals surface area contributed by atoms with Gasteiger partial charge < -0.3 is 14.8 Å². The van der Waals surface area contributed by atoms with Crippen molar-refractivity contribution < 1.29 is 24.0 Å². The van der Waals surface area contributed by atoms with Gasteiger partial charge in [0.15, 0.2) is 0 Å². The Kier molecular flexibility index (Phi) is 11.3. The van der Waals surface area contributed by atoms with Crippen LogP contribution in [0.5, 0.6) is 0 Å². The van der Waals surface area contributed by atoms with Crippen molar-refractivity contribution in [3.05, 3.63) is 95.3 Å².